The van der Waals surface area contributed by atoms with Crippen molar-refractivity contribution in [1.82, 2.24) is 10.3 Å². The summed E-state index contributed by atoms with van der Waals surface area (Å²) in [5.41, 5.74) is 3.77. The zero-order valence-corrected chi connectivity index (χ0v) is 14.3. The Hall–Kier alpha value is -1.85. The molecule has 0 bridgehead atoms. The minimum Gasteiger partial charge on any atom is -0.381 e. The second-order valence-electron chi connectivity index (χ2n) is 7.07. The van der Waals surface area contributed by atoms with Gasteiger partial charge in [-0.2, -0.15) is 0 Å². The molecule has 0 aliphatic carbocycles. The molecule has 5 nitrogen and oxygen atoms in total. The van der Waals surface area contributed by atoms with Gasteiger partial charge in [0.15, 0.2) is 0 Å². The largest absolute Gasteiger partial charge is 0.381 e. The molecular formula is C19H24N2O3. The molecule has 2 fully saturated rings. The molecule has 2 aromatic rings. The smallest absolute Gasteiger partial charge is 0.268 e. The predicted molar refractivity (Wildman–Crippen MR) is 92.4 cm³/mol. The third-order valence-electron chi connectivity index (χ3n) is 5.41. The van der Waals surface area contributed by atoms with Crippen LogP contribution in [0, 0.1) is 13.8 Å². The molecule has 5 heteroatoms. The van der Waals surface area contributed by atoms with Crippen molar-refractivity contribution in [3.63, 3.8) is 0 Å². The van der Waals surface area contributed by atoms with Crippen molar-refractivity contribution >= 4 is 16.8 Å². The number of fused-ring (bicyclic) bond motifs is 1. The van der Waals surface area contributed by atoms with Crippen LogP contribution >= 0.6 is 0 Å². The van der Waals surface area contributed by atoms with E-state index in [0.717, 1.165) is 30.2 Å². The van der Waals surface area contributed by atoms with Crippen LogP contribution in [0.3, 0.4) is 0 Å². The van der Waals surface area contributed by atoms with Crippen molar-refractivity contribution < 1.29 is 14.3 Å². The molecule has 1 aromatic carbocycles. The number of aromatic amines is 1. The van der Waals surface area contributed by atoms with Gasteiger partial charge in [-0.05, 0) is 43.5 Å². The second kappa shape index (κ2) is 5.90. The monoisotopic (exact) mass is 328 g/mol. The van der Waals surface area contributed by atoms with E-state index in [1.807, 2.05) is 6.07 Å². The fourth-order valence-corrected chi connectivity index (χ4v) is 4.11. The van der Waals surface area contributed by atoms with Gasteiger partial charge in [0, 0.05) is 43.6 Å². The number of hydrogen-bond donors (Lipinski definition) is 2. The Balaban J connectivity index is 1.57. The molecule has 24 heavy (non-hydrogen) atoms. The first-order valence-corrected chi connectivity index (χ1v) is 8.70. The summed E-state index contributed by atoms with van der Waals surface area (Å²) in [6, 6.07) is 6.23. The minimum absolute atomic E-state index is 0.0513. The van der Waals surface area contributed by atoms with Gasteiger partial charge in [0.1, 0.15) is 5.69 Å². The highest BCUT2D eigenvalue weighted by atomic mass is 16.5. The number of amides is 1. The summed E-state index contributed by atoms with van der Waals surface area (Å²) in [5, 5.41) is 4.31. The van der Waals surface area contributed by atoms with Crippen LogP contribution in [0.5, 0.6) is 0 Å². The number of rotatable bonds is 2. The average Bonchev–Trinajstić information content (AvgIpc) is 3.13. The van der Waals surface area contributed by atoms with E-state index in [-0.39, 0.29) is 17.6 Å². The highest BCUT2D eigenvalue weighted by Crippen LogP contribution is 2.35. The van der Waals surface area contributed by atoms with Crippen molar-refractivity contribution in [2.45, 2.75) is 44.8 Å². The van der Waals surface area contributed by atoms with E-state index >= 15 is 0 Å². The summed E-state index contributed by atoms with van der Waals surface area (Å²) in [6.07, 6.45) is 2.57. The van der Waals surface area contributed by atoms with Gasteiger partial charge in [-0.25, -0.2) is 0 Å². The maximum absolute atomic E-state index is 12.8. The molecule has 2 saturated heterocycles. The minimum atomic E-state index is -0.244. The molecule has 2 aliphatic rings. The molecule has 128 valence electrons. The third kappa shape index (κ3) is 2.62. The van der Waals surface area contributed by atoms with Gasteiger partial charge in [0.25, 0.3) is 5.91 Å². The number of aromatic nitrogens is 1. The fourth-order valence-electron chi connectivity index (χ4n) is 4.11. The lowest BCUT2D eigenvalue weighted by Gasteiger charge is -2.37. The van der Waals surface area contributed by atoms with Crippen LogP contribution in [0.4, 0.5) is 0 Å². The number of aryl methyl sites for hydroxylation is 2. The summed E-state index contributed by atoms with van der Waals surface area (Å²) < 4.78 is 11.5. The molecule has 0 saturated carbocycles. The summed E-state index contributed by atoms with van der Waals surface area (Å²) in [4.78, 5) is 16.0. The van der Waals surface area contributed by atoms with Crippen LogP contribution in [0.2, 0.25) is 0 Å². The molecule has 1 spiro atoms. The Morgan fingerprint density at radius 3 is 2.79 bits per heavy atom. The van der Waals surface area contributed by atoms with Gasteiger partial charge in [-0.15, -0.1) is 0 Å². The molecule has 0 radical (unpaired) electrons. The zero-order chi connectivity index (χ0) is 16.7. The van der Waals surface area contributed by atoms with Crippen molar-refractivity contribution in [2.75, 3.05) is 19.8 Å². The SMILES string of the molecule is Cc1cc(C)c2cc(C(=O)NC3CCOC34CCOCC4)[nH]c2c1. The van der Waals surface area contributed by atoms with Gasteiger partial charge >= 0.3 is 0 Å². The molecule has 1 unspecified atom stereocenters. The number of benzene rings is 1. The predicted octanol–water partition coefficient (Wildman–Crippen LogP) is 2.85. The Kier molecular flexibility index (Phi) is 3.85. The summed E-state index contributed by atoms with van der Waals surface area (Å²) in [7, 11) is 0. The molecule has 1 amide bonds. The Morgan fingerprint density at radius 2 is 2.00 bits per heavy atom. The van der Waals surface area contributed by atoms with Crippen molar-refractivity contribution in [3.05, 3.63) is 35.0 Å². The van der Waals surface area contributed by atoms with Crippen LogP contribution in [0.15, 0.2) is 18.2 Å². The third-order valence-corrected chi connectivity index (χ3v) is 5.41. The van der Waals surface area contributed by atoms with Gasteiger partial charge in [0.05, 0.1) is 11.6 Å². The quantitative estimate of drug-likeness (QED) is 0.891. The van der Waals surface area contributed by atoms with Crippen LogP contribution in [0.25, 0.3) is 10.9 Å². The first-order valence-electron chi connectivity index (χ1n) is 8.70. The van der Waals surface area contributed by atoms with E-state index in [4.69, 9.17) is 9.47 Å². The van der Waals surface area contributed by atoms with Gasteiger partial charge in [0.2, 0.25) is 0 Å². The number of nitrogens with one attached hydrogen (secondary N) is 2. The lowest BCUT2D eigenvalue weighted by molar-refractivity contribution is -0.0872. The number of H-pyrrole nitrogens is 1. The summed E-state index contributed by atoms with van der Waals surface area (Å²) in [5.74, 6) is -0.0513. The zero-order valence-electron chi connectivity index (χ0n) is 14.3. The molecule has 2 aliphatic heterocycles. The topological polar surface area (TPSA) is 63.4 Å². The Bertz CT molecular complexity index is 774. The van der Waals surface area contributed by atoms with E-state index in [0.29, 0.717) is 25.5 Å². The Labute approximate surface area is 141 Å². The van der Waals surface area contributed by atoms with Crippen LogP contribution in [-0.2, 0) is 9.47 Å². The summed E-state index contributed by atoms with van der Waals surface area (Å²) >= 11 is 0. The average molecular weight is 328 g/mol. The molecule has 1 atom stereocenters. The number of carbonyl (C=O) groups excluding carboxylic acids is 1. The van der Waals surface area contributed by atoms with Gasteiger partial charge in [-0.1, -0.05) is 6.07 Å². The standard InChI is InChI=1S/C19H24N2O3/c1-12-9-13(2)14-11-16(20-15(14)10-12)18(22)21-17-3-6-24-19(17)4-7-23-8-5-19/h9-11,17,20H,3-8H2,1-2H3,(H,21,22). The van der Waals surface area contributed by atoms with E-state index in [1.165, 1.54) is 11.1 Å². The van der Waals surface area contributed by atoms with Gasteiger partial charge in [-0.3, -0.25) is 4.79 Å². The molecular weight excluding hydrogens is 304 g/mol. The number of carbonyl (C=O) groups is 1. The highest BCUT2D eigenvalue weighted by molar-refractivity contribution is 5.99. The Morgan fingerprint density at radius 1 is 1.21 bits per heavy atom. The second-order valence-corrected chi connectivity index (χ2v) is 7.07. The fraction of sp³-hybridized carbons (Fsp3) is 0.526. The van der Waals surface area contributed by atoms with E-state index in [1.54, 1.807) is 0 Å². The van der Waals surface area contributed by atoms with Crippen LogP contribution in [-0.4, -0.2) is 42.4 Å². The number of ether oxygens (including phenoxy) is 2. The lowest BCUT2D eigenvalue weighted by atomic mass is 9.86. The van der Waals surface area contributed by atoms with E-state index in [9.17, 15) is 4.79 Å². The van der Waals surface area contributed by atoms with E-state index < -0.39 is 0 Å². The lowest BCUT2D eigenvalue weighted by Crippen LogP contribution is -2.52. The van der Waals surface area contributed by atoms with Crippen molar-refractivity contribution in [1.29, 1.82) is 0 Å². The van der Waals surface area contributed by atoms with E-state index in [2.05, 4.69) is 36.3 Å². The molecule has 3 heterocycles. The molecule has 1 aromatic heterocycles. The first kappa shape index (κ1) is 15.7. The maximum atomic E-state index is 12.8. The van der Waals surface area contributed by atoms with Crippen LogP contribution in [0.1, 0.15) is 40.9 Å². The summed E-state index contributed by atoms with van der Waals surface area (Å²) in [6.45, 7) is 6.26. The normalized spacial score (nSPS) is 23.0. The van der Waals surface area contributed by atoms with Gasteiger partial charge < -0.3 is 19.8 Å². The number of hydrogen-bond acceptors (Lipinski definition) is 3. The first-order chi connectivity index (χ1) is 11.6. The maximum Gasteiger partial charge on any atom is 0.268 e. The highest BCUT2D eigenvalue weighted by Gasteiger charge is 2.46. The van der Waals surface area contributed by atoms with Crippen molar-refractivity contribution in [3.8, 4) is 0 Å². The molecule has 2 N–H and O–H groups in total. The molecule has 4 rings (SSSR count). The van der Waals surface area contributed by atoms with Crippen molar-refractivity contribution in [2.24, 2.45) is 0 Å². The van der Waals surface area contributed by atoms with Crippen LogP contribution < -0.4 is 5.32 Å².